The maximum atomic E-state index is 14.1. The van der Waals surface area contributed by atoms with E-state index in [1.54, 1.807) is 13.0 Å². The van der Waals surface area contributed by atoms with Crippen molar-refractivity contribution in [3.05, 3.63) is 57.5 Å². The molecule has 1 heterocycles. The molecule has 5 heteroatoms. The van der Waals surface area contributed by atoms with Crippen LogP contribution >= 0.6 is 15.9 Å². The van der Waals surface area contributed by atoms with Gasteiger partial charge in [-0.05, 0) is 53.5 Å². The summed E-state index contributed by atoms with van der Waals surface area (Å²) >= 11 is 3.38. The molecule has 0 amide bonds. The van der Waals surface area contributed by atoms with Gasteiger partial charge in [0.1, 0.15) is 17.4 Å². The number of nitrogens with one attached hydrogen (secondary N) is 1. The molecule has 20 heavy (non-hydrogen) atoms. The fourth-order valence-corrected chi connectivity index (χ4v) is 2.48. The van der Waals surface area contributed by atoms with E-state index >= 15 is 0 Å². The topological polar surface area (TPSA) is 25.2 Å². The van der Waals surface area contributed by atoms with Gasteiger partial charge in [-0.2, -0.15) is 0 Å². The maximum absolute atomic E-state index is 14.1. The van der Waals surface area contributed by atoms with Crippen LogP contribution < -0.4 is 5.32 Å². The molecule has 0 fully saturated rings. The van der Waals surface area contributed by atoms with E-state index in [2.05, 4.69) is 21.2 Å². The second kappa shape index (κ2) is 6.50. The highest BCUT2D eigenvalue weighted by molar-refractivity contribution is 9.10. The summed E-state index contributed by atoms with van der Waals surface area (Å²) in [5.41, 5.74) is 0.792. The third-order valence-corrected chi connectivity index (χ3v) is 3.75. The highest BCUT2D eigenvalue weighted by Crippen LogP contribution is 2.32. The van der Waals surface area contributed by atoms with Crippen LogP contribution in [-0.2, 0) is 0 Å². The van der Waals surface area contributed by atoms with Gasteiger partial charge in [0.15, 0.2) is 0 Å². The zero-order chi connectivity index (χ0) is 14.7. The first-order valence-corrected chi connectivity index (χ1v) is 7.25. The molecule has 108 valence electrons. The summed E-state index contributed by atoms with van der Waals surface area (Å²) in [5, 5.41) is 3.23. The van der Waals surface area contributed by atoms with Gasteiger partial charge in [-0.15, -0.1) is 0 Å². The van der Waals surface area contributed by atoms with Crippen LogP contribution in [0.3, 0.4) is 0 Å². The molecule has 0 aliphatic rings. The second-order valence-electron chi connectivity index (χ2n) is 4.64. The monoisotopic (exact) mass is 343 g/mol. The molecule has 1 atom stereocenters. The third-order valence-electron chi connectivity index (χ3n) is 3.09. The van der Waals surface area contributed by atoms with E-state index in [1.807, 2.05) is 6.92 Å². The minimum absolute atomic E-state index is 0.382. The van der Waals surface area contributed by atoms with E-state index in [4.69, 9.17) is 4.42 Å². The smallest absolute Gasteiger partial charge is 0.139 e. The number of aryl methyl sites for hydroxylation is 1. The van der Waals surface area contributed by atoms with Gasteiger partial charge in [0.25, 0.3) is 0 Å². The van der Waals surface area contributed by atoms with E-state index in [0.29, 0.717) is 23.4 Å². The van der Waals surface area contributed by atoms with Crippen LogP contribution in [0.15, 0.2) is 33.4 Å². The Balaban J connectivity index is 2.46. The van der Waals surface area contributed by atoms with Gasteiger partial charge in [-0.3, -0.25) is 0 Å². The Hall–Kier alpha value is -1.20. The summed E-state index contributed by atoms with van der Waals surface area (Å²) in [7, 11) is 0. The van der Waals surface area contributed by atoms with E-state index in [0.717, 1.165) is 17.0 Å². The van der Waals surface area contributed by atoms with Crippen LogP contribution in [0.5, 0.6) is 0 Å². The molecule has 0 aliphatic heterocycles. The second-order valence-corrected chi connectivity index (χ2v) is 5.50. The number of benzene rings is 1. The number of hydrogen-bond donors (Lipinski definition) is 1. The first-order chi connectivity index (χ1) is 9.54. The summed E-state index contributed by atoms with van der Waals surface area (Å²) in [5.74, 6) is -0.535. The molecular weight excluding hydrogens is 328 g/mol. The van der Waals surface area contributed by atoms with Crippen molar-refractivity contribution in [2.45, 2.75) is 26.3 Å². The van der Waals surface area contributed by atoms with Crippen molar-refractivity contribution in [1.29, 1.82) is 0 Å². The summed E-state index contributed by atoms with van der Waals surface area (Å²) in [4.78, 5) is 0. The van der Waals surface area contributed by atoms with Crippen molar-refractivity contribution in [3.8, 4) is 0 Å². The molecule has 1 N–H and O–H groups in total. The molecule has 0 bridgehead atoms. The van der Waals surface area contributed by atoms with Crippen LogP contribution in [0.4, 0.5) is 8.78 Å². The Bertz CT molecular complexity index is 598. The fraction of sp³-hybridized carbons (Fsp3) is 0.333. The Labute approximate surface area is 125 Å². The molecule has 2 rings (SSSR count). The number of furan rings is 1. The van der Waals surface area contributed by atoms with Gasteiger partial charge < -0.3 is 9.73 Å². The molecule has 0 saturated heterocycles. The molecule has 0 saturated carbocycles. The van der Waals surface area contributed by atoms with Crippen molar-refractivity contribution in [2.24, 2.45) is 0 Å². The Morgan fingerprint density at radius 1 is 1.30 bits per heavy atom. The van der Waals surface area contributed by atoms with Crippen molar-refractivity contribution in [3.63, 3.8) is 0 Å². The fourth-order valence-electron chi connectivity index (χ4n) is 2.04. The number of hydrogen-bond acceptors (Lipinski definition) is 2. The van der Waals surface area contributed by atoms with Gasteiger partial charge in [0.05, 0.1) is 16.8 Å². The lowest BCUT2D eigenvalue weighted by atomic mass is 10.0. The van der Waals surface area contributed by atoms with Gasteiger partial charge >= 0.3 is 0 Å². The van der Waals surface area contributed by atoms with Crippen LogP contribution in [-0.4, -0.2) is 6.54 Å². The Morgan fingerprint density at radius 3 is 2.65 bits per heavy atom. The minimum atomic E-state index is -0.579. The summed E-state index contributed by atoms with van der Waals surface area (Å²) < 4.78 is 33.7. The Kier molecular flexibility index (Phi) is 4.94. The molecule has 2 nitrogen and oxygen atoms in total. The summed E-state index contributed by atoms with van der Waals surface area (Å²) in [6.07, 6.45) is 2.44. The van der Waals surface area contributed by atoms with Crippen molar-refractivity contribution in [1.82, 2.24) is 5.32 Å². The third kappa shape index (κ3) is 3.10. The van der Waals surface area contributed by atoms with Gasteiger partial charge in [0, 0.05) is 11.6 Å². The minimum Gasteiger partial charge on any atom is -0.466 e. The predicted molar refractivity (Wildman–Crippen MR) is 77.6 cm³/mol. The summed E-state index contributed by atoms with van der Waals surface area (Å²) in [6.45, 7) is 4.34. The first kappa shape index (κ1) is 15.2. The van der Waals surface area contributed by atoms with Crippen LogP contribution in [0.1, 0.15) is 36.3 Å². The summed E-state index contributed by atoms with van der Waals surface area (Å²) in [6, 6.07) is 3.75. The lowest BCUT2D eigenvalue weighted by Gasteiger charge is -2.19. The number of halogens is 3. The molecule has 2 aromatic rings. The van der Waals surface area contributed by atoms with Crippen molar-refractivity contribution < 1.29 is 13.2 Å². The average Bonchev–Trinajstić information content (AvgIpc) is 2.82. The highest BCUT2D eigenvalue weighted by atomic mass is 79.9. The highest BCUT2D eigenvalue weighted by Gasteiger charge is 2.23. The van der Waals surface area contributed by atoms with Crippen molar-refractivity contribution >= 4 is 15.9 Å². The van der Waals surface area contributed by atoms with Crippen LogP contribution in [0.2, 0.25) is 0 Å². The Morgan fingerprint density at radius 2 is 2.05 bits per heavy atom. The quantitative estimate of drug-likeness (QED) is 0.849. The van der Waals surface area contributed by atoms with E-state index in [1.165, 1.54) is 12.3 Å². The zero-order valence-corrected chi connectivity index (χ0v) is 12.9. The van der Waals surface area contributed by atoms with E-state index in [9.17, 15) is 8.78 Å². The van der Waals surface area contributed by atoms with Gasteiger partial charge in [-0.1, -0.05) is 6.92 Å². The molecular formula is C15H16BrF2NO. The SMILES string of the molecule is CCCNC(c1cc(C)c(F)cc1F)c1occc1Br. The van der Waals surface area contributed by atoms with Gasteiger partial charge in [0.2, 0.25) is 0 Å². The predicted octanol–water partition coefficient (Wildman–Crippen LogP) is 4.72. The maximum Gasteiger partial charge on any atom is 0.139 e. The first-order valence-electron chi connectivity index (χ1n) is 6.46. The van der Waals surface area contributed by atoms with E-state index < -0.39 is 17.7 Å². The van der Waals surface area contributed by atoms with Gasteiger partial charge in [-0.25, -0.2) is 8.78 Å². The zero-order valence-electron chi connectivity index (χ0n) is 11.3. The molecule has 1 aromatic carbocycles. The van der Waals surface area contributed by atoms with Crippen LogP contribution in [0, 0.1) is 18.6 Å². The molecule has 0 radical (unpaired) electrons. The van der Waals surface area contributed by atoms with E-state index in [-0.39, 0.29) is 0 Å². The van der Waals surface area contributed by atoms with Crippen LogP contribution in [0.25, 0.3) is 0 Å². The lowest BCUT2D eigenvalue weighted by molar-refractivity contribution is 0.432. The molecule has 0 spiro atoms. The van der Waals surface area contributed by atoms with Crippen molar-refractivity contribution in [2.75, 3.05) is 6.54 Å². The average molecular weight is 344 g/mol. The standard InChI is InChI=1S/C15H16BrF2NO/c1-3-5-19-14(15-11(16)4-6-20-15)10-7-9(2)12(17)8-13(10)18/h4,6-8,14,19H,3,5H2,1-2H3. The normalized spacial score (nSPS) is 12.7. The molecule has 1 aromatic heterocycles. The lowest BCUT2D eigenvalue weighted by Crippen LogP contribution is -2.24. The molecule has 1 unspecified atom stereocenters. The largest absolute Gasteiger partial charge is 0.466 e. The molecule has 0 aliphatic carbocycles. The number of rotatable bonds is 5.